The van der Waals surface area contributed by atoms with Gasteiger partial charge in [-0.2, -0.15) is 5.10 Å². The van der Waals surface area contributed by atoms with Crippen molar-refractivity contribution >= 4 is 23.5 Å². The maximum absolute atomic E-state index is 12.0. The van der Waals surface area contributed by atoms with Crippen LogP contribution < -0.4 is 10.3 Å². The maximum Gasteiger partial charge on any atom is 0.271 e. The SMILES string of the molecule is C=CC(=CC)N(c1ccccc1)c1ccc(C=NNC(=O)c2ccccc2)cc1. The number of nitrogens with one attached hydrogen (secondary N) is 1. The molecule has 0 heterocycles. The number of anilines is 2. The van der Waals surface area contributed by atoms with E-state index in [-0.39, 0.29) is 5.91 Å². The van der Waals surface area contributed by atoms with E-state index in [2.05, 4.69) is 34.1 Å². The number of carbonyl (C=O) groups excluding carboxylic acids is 1. The first kappa shape index (κ1) is 19.8. The number of benzene rings is 3. The number of hydrogen-bond acceptors (Lipinski definition) is 3. The molecule has 0 aliphatic heterocycles. The van der Waals surface area contributed by atoms with E-state index >= 15 is 0 Å². The fourth-order valence-electron chi connectivity index (χ4n) is 2.89. The molecule has 3 aromatic rings. The third kappa shape index (κ3) is 5.08. The van der Waals surface area contributed by atoms with Crippen LogP contribution in [-0.2, 0) is 0 Å². The number of allylic oxidation sites excluding steroid dienone is 2. The van der Waals surface area contributed by atoms with Gasteiger partial charge >= 0.3 is 0 Å². The number of rotatable bonds is 7. The van der Waals surface area contributed by atoms with Crippen LogP contribution in [0.15, 0.2) is 114 Å². The molecule has 3 aromatic carbocycles. The smallest absolute Gasteiger partial charge is 0.271 e. The standard InChI is InChI=1S/C25H23N3O/c1-3-22(4-2)28(23-13-9-6-10-14-23)24-17-15-20(16-18-24)19-26-27-25(29)21-11-7-5-8-12-21/h3-19H,1H2,2H3,(H,27,29). The van der Waals surface area contributed by atoms with Crippen LogP contribution in [0.3, 0.4) is 0 Å². The number of amides is 1. The lowest BCUT2D eigenvalue weighted by molar-refractivity contribution is 0.0955. The average Bonchev–Trinajstić information content (AvgIpc) is 2.79. The number of hydrazone groups is 1. The second-order valence-electron chi connectivity index (χ2n) is 6.25. The molecule has 0 aliphatic carbocycles. The number of nitrogens with zero attached hydrogens (tertiary/aromatic N) is 2. The highest BCUT2D eigenvalue weighted by Gasteiger charge is 2.11. The minimum Gasteiger partial charge on any atom is -0.311 e. The first-order valence-electron chi connectivity index (χ1n) is 9.35. The zero-order chi connectivity index (χ0) is 20.5. The summed E-state index contributed by atoms with van der Waals surface area (Å²) < 4.78 is 0. The van der Waals surface area contributed by atoms with E-state index < -0.39 is 0 Å². The highest BCUT2D eigenvalue weighted by atomic mass is 16.2. The molecular weight excluding hydrogens is 358 g/mol. The van der Waals surface area contributed by atoms with Crippen molar-refractivity contribution < 1.29 is 4.79 Å². The fourth-order valence-corrected chi connectivity index (χ4v) is 2.89. The summed E-state index contributed by atoms with van der Waals surface area (Å²) in [5, 5.41) is 4.05. The van der Waals surface area contributed by atoms with Gasteiger partial charge in [0.1, 0.15) is 0 Å². The molecule has 0 fully saturated rings. The molecule has 1 N–H and O–H groups in total. The van der Waals surface area contributed by atoms with Crippen LogP contribution >= 0.6 is 0 Å². The van der Waals surface area contributed by atoms with Crippen LogP contribution in [0.5, 0.6) is 0 Å². The molecule has 0 atom stereocenters. The van der Waals surface area contributed by atoms with Gasteiger partial charge in [0.05, 0.1) is 6.21 Å². The minimum atomic E-state index is -0.238. The molecule has 0 aliphatic rings. The van der Waals surface area contributed by atoms with Gasteiger partial charge in [0.2, 0.25) is 0 Å². The topological polar surface area (TPSA) is 44.7 Å². The van der Waals surface area contributed by atoms with E-state index in [0.717, 1.165) is 22.6 Å². The Balaban J connectivity index is 1.75. The summed E-state index contributed by atoms with van der Waals surface area (Å²) in [5.74, 6) is -0.238. The first-order chi connectivity index (χ1) is 14.2. The molecule has 29 heavy (non-hydrogen) atoms. The van der Waals surface area contributed by atoms with Gasteiger partial charge in [0, 0.05) is 22.6 Å². The predicted molar refractivity (Wildman–Crippen MR) is 120 cm³/mol. The van der Waals surface area contributed by atoms with Crippen molar-refractivity contribution in [3.05, 3.63) is 120 Å². The van der Waals surface area contributed by atoms with E-state index in [1.807, 2.05) is 79.7 Å². The fraction of sp³-hybridized carbons (Fsp3) is 0.0400. The van der Waals surface area contributed by atoms with E-state index in [0.29, 0.717) is 5.56 Å². The Hall–Kier alpha value is -3.92. The highest BCUT2D eigenvalue weighted by Crippen LogP contribution is 2.30. The van der Waals surface area contributed by atoms with Crippen LogP contribution in [0.25, 0.3) is 0 Å². The molecule has 3 rings (SSSR count). The predicted octanol–water partition coefficient (Wildman–Crippen LogP) is 5.68. The molecule has 0 radical (unpaired) electrons. The monoisotopic (exact) mass is 381 g/mol. The van der Waals surface area contributed by atoms with Gasteiger partial charge in [0.25, 0.3) is 5.91 Å². The van der Waals surface area contributed by atoms with E-state index in [4.69, 9.17) is 0 Å². The zero-order valence-corrected chi connectivity index (χ0v) is 16.3. The van der Waals surface area contributed by atoms with Crippen molar-refractivity contribution in [2.75, 3.05) is 4.90 Å². The summed E-state index contributed by atoms with van der Waals surface area (Å²) in [4.78, 5) is 14.2. The summed E-state index contributed by atoms with van der Waals surface area (Å²) in [6, 6.07) is 27.1. The Labute approximate surface area is 171 Å². The van der Waals surface area contributed by atoms with Crippen molar-refractivity contribution in [2.45, 2.75) is 6.92 Å². The highest BCUT2D eigenvalue weighted by molar-refractivity contribution is 5.94. The molecule has 0 saturated heterocycles. The Kier molecular flexibility index (Phi) is 6.74. The molecule has 4 heteroatoms. The third-order valence-electron chi connectivity index (χ3n) is 4.34. The summed E-state index contributed by atoms with van der Waals surface area (Å²) >= 11 is 0. The summed E-state index contributed by atoms with van der Waals surface area (Å²) in [5.41, 5.74) is 7.06. The molecule has 1 amide bonds. The largest absolute Gasteiger partial charge is 0.311 e. The van der Waals surface area contributed by atoms with Crippen molar-refractivity contribution in [1.29, 1.82) is 0 Å². The van der Waals surface area contributed by atoms with Crippen LogP contribution in [0, 0.1) is 0 Å². The first-order valence-corrected chi connectivity index (χ1v) is 9.35. The van der Waals surface area contributed by atoms with E-state index in [9.17, 15) is 4.79 Å². The quantitative estimate of drug-likeness (QED) is 0.325. The van der Waals surface area contributed by atoms with Crippen LogP contribution in [0.4, 0.5) is 11.4 Å². The molecule has 0 spiro atoms. The Morgan fingerprint density at radius 1 is 0.897 bits per heavy atom. The Morgan fingerprint density at radius 3 is 2.07 bits per heavy atom. The van der Waals surface area contributed by atoms with Gasteiger partial charge in [-0.05, 0) is 55.0 Å². The molecule has 4 nitrogen and oxygen atoms in total. The molecule has 0 bridgehead atoms. The number of para-hydroxylation sites is 1. The zero-order valence-electron chi connectivity index (χ0n) is 16.3. The molecule has 0 aromatic heterocycles. The molecular formula is C25H23N3O. The second kappa shape index (κ2) is 9.85. The van der Waals surface area contributed by atoms with Crippen LogP contribution in [0.2, 0.25) is 0 Å². The van der Waals surface area contributed by atoms with Crippen molar-refractivity contribution in [2.24, 2.45) is 5.10 Å². The summed E-state index contributed by atoms with van der Waals surface area (Å²) in [6.07, 6.45) is 5.48. The van der Waals surface area contributed by atoms with E-state index in [1.54, 1.807) is 18.3 Å². The van der Waals surface area contributed by atoms with Gasteiger partial charge < -0.3 is 4.90 Å². The lowest BCUT2D eigenvalue weighted by Crippen LogP contribution is -2.17. The lowest BCUT2D eigenvalue weighted by Gasteiger charge is -2.26. The normalized spacial score (nSPS) is 11.3. The Bertz CT molecular complexity index is 1010. The maximum atomic E-state index is 12.0. The lowest BCUT2D eigenvalue weighted by atomic mass is 10.1. The summed E-state index contributed by atoms with van der Waals surface area (Å²) in [6.45, 7) is 5.92. The average molecular weight is 381 g/mol. The van der Waals surface area contributed by atoms with Gasteiger partial charge in [0.15, 0.2) is 0 Å². The van der Waals surface area contributed by atoms with Crippen LogP contribution in [-0.4, -0.2) is 12.1 Å². The molecule has 0 unspecified atom stereocenters. The third-order valence-corrected chi connectivity index (χ3v) is 4.34. The molecule has 0 saturated carbocycles. The molecule has 144 valence electrons. The number of hydrogen-bond donors (Lipinski definition) is 1. The van der Waals surface area contributed by atoms with E-state index in [1.165, 1.54) is 0 Å². The minimum absolute atomic E-state index is 0.238. The number of carbonyl (C=O) groups is 1. The van der Waals surface area contributed by atoms with Crippen LogP contribution in [0.1, 0.15) is 22.8 Å². The van der Waals surface area contributed by atoms with Crippen molar-refractivity contribution in [1.82, 2.24) is 5.43 Å². The Morgan fingerprint density at radius 2 is 1.48 bits per heavy atom. The van der Waals surface area contributed by atoms with Crippen molar-refractivity contribution in [3.8, 4) is 0 Å². The van der Waals surface area contributed by atoms with Gasteiger partial charge in [-0.15, -0.1) is 0 Å². The van der Waals surface area contributed by atoms with Crippen molar-refractivity contribution in [3.63, 3.8) is 0 Å². The van der Waals surface area contributed by atoms with Gasteiger partial charge in [-0.1, -0.05) is 61.2 Å². The second-order valence-corrected chi connectivity index (χ2v) is 6.25. The van der Waals surface area contributed by atoms with Gasteiger partial charge in [-0.25, -0.2) is 5.43 Å². The van der Waals surface area contributed by atoms with Gasteiger partial charge in [-0.3, -0.25) is 4.79 Å². The summed E-state index contributed by atoms with van der Waals surface area (Å²) in [7, 11) is 0.